The van der Waals surface area contributed by atoms with Crippen LogP contribution in [0.1, 0.15) is 33.5 Å². The molecule has 0 aromatic carbocycles. The maximum absolute atomic E-state index is 11.4. The number of rotatable bonds is 6. The molecular weight excluding hydrogens is 218 g/mol. The minimum atomic E-state index is -0.272. The molecule has 1 aromatic heterocycles. The zero-order valence-electron chi connectivity index (χ0n) is 11.0. The van der Waals surface area contributed by atoms with Crippen LogP contribution in [-0.2, 0) is 11.2 Å². The predicted octanol–water partition coefficient (Wildman–Crippen LogP) is 1.56. The normalized spacial score (nSPS) is 11.5. The van der Waals surface area contributed by atoms with Crippen molar-refractivity contribution in [1.29, 1.82) is 0 Å². The molecule has 0 fully saturated rings. The second-order valence-electron chi connectivity index (χ2n) is 4.48. The molecular formula is C12H21N3O2. The highest BCUT2D eigenvalue weighted by molar-refractivity contribution is 5.33. The summed E-state index contributed by atoms with van der Waals surface area (Å²) in [6.45, 7) is 9.18. The lowest BCUT2D eigenvalue weighted by atomic mass is 10.1. The first kappa shape index (κ1) is 13.7. The molecule has 0 unspecified atom stereocenters. The minimum absolute atomic E-state index is 0.131. The molecule has 17 heavy (non-hydrogen) atoms. The van der Waals surface area contributed by atoms with E-state index in [0.717, 1.165) is 0 Å². The van der Waals surface area contributed by atoms with E-state index in [0.29, 0.717) is 31.2 Å². The summed E-state index contributed by atoms with van der Waals surface area (Å²) in [6, 6.07) is 1.46. The third-order valence-electron chi connectivity index (χ3n) is 2.36. The van der Waals surface area contributed by atoms with E-state index in [2.05, 4.69) is 15.3 Å². The van der Waals surface area contributed by atoms with Crippen LogP contribution in [0.25, 0.3) is 0 Å². The summed E-state index contributed by atoms with van der Waals surface area (Å²) in [5.74, 6) is 1.28. The van der Waals surface area contributed by atoms with E-state index >= 15 is 0 Å². The Morgan fingerprint density at radius 3 is 2.76 bits per heavy atom. The molecule has 0 amide bonds. The number of nitrogens with one attached hydrogen (secondary N) is 2. The third kappa shape index (κ3) is 4.56. The van der Waals surface area contributed by atoms with Gasteiger partial charge < -0.3 is 15.0 Å². The molecule has 0 bridgehead atoms. The number of anilines is 1. The number of aromatic amines is 1. The number of aromatic nitrogens is 2. The largest absolute Gasteiger partial charge is 0.374 e. The second-order valence-corrected chi connectivity index (χ2v) is 4.48. The van der Waals surface area contributed by atoms with Gasteiger partial charge in [-0.15, -0.1) is 0 Å². The zero-order chi connectivity index (χ0) is 12.9. The first-order valence-corrected chi connectivity index (χ1v) is 5.95. The van der Waals surface area contributed by atoms with Crippen molar-refractivity contribution < 1.29 is 4.74 Å². The van der Waals surface area contributed by atoms with Crippen molar-refractivity contribution in [2.24, 2.45) is 0 Å². The number of nitrogens with zero attached hydrogens (tertiary/aromatic N) is 1. The Bertz CT molecular complexity index is 412. The van der Waals surface area contributed by atoms with E-state index in [-0.39, 0.29) is 11.2 Å². The van der Waals surface area contributed by atoms with E-state index in [1.807, 2.05) is 27.7 Å². The number of ether oxygens (including phenoxy) is 1. The molecule has 2 N–H and O–H groups in total. The van der Waals surface area contributed by atoms with Gasteiger partial charge in [0.1, 0.15) is 11.6 Å². The molecule has 0 saturated heterocycles. The van der Waals surface area contributed by atoms with Crippen LogP contribution >= 0.6 is 0 Å². The van der Waals surface area contributed by atoms with E-state index in [9.17, 15) is 4.79 Å². The Kier molecular flexibility index (Phi) is 4.69. The fourth-order valence-electron chi connectivity index (χ4n) is 1.51. The van der Waals surface area contributed by atoms with Gasteiger partial charge >= 0.3 is 0 Å². The Labute approximate surface area is 102 Å². The molecule has 1 aromatic rings. The summed E-state index contributed by atoms with van der Waals surface area (Å²) in [5.41, 5.74) is -0.403. The maximum Gasteiger partial charge on any atom is 0.252 e. The van der Waals surface area contributed by atoms with E-state index in [1.54, 1.807) is 0 Å². The van der Waals surface area contributed by atoms with Crippen molar-refractivity contribution in [3.63, 3.8) is 0 Å². The smallest absolute Gasteiger partial charge is 0.252 e. The van der Waals surface area contributed by atoms with Gasteiger partial charge in [-0.05, 0) is 20.8 Å². The fourth-order valence-corrected chi connectivity index (χ4v) is 1.51. The number of hydrogen-bond donors (Lipinski definition) is 2. The molecule has 96 valence electrons. The van der Waals surface area contributed by atoms with Gasteiger partial charge in [0.25, 0.3) is 5.56 Å². The van der Waals surface area contributed by atoms with E-state index in [4.69, 9.17) is 4.74 Å². The van der Waals surface area contributed by atoms with E-state index in [1.165, 1.54) is 6.07 Å². The van der Waals surface area contributed by atoms with Gasteiger partial charge in [0.15, 0.2) is 0 Å². The van der Waals surface area contributed by atoms with Crippen molar-refractivity contribution in [1.82, 2.24) is 9.97 Å². The molecule has 0 aliphatic rings. The first-order chi connectivity index (χ1) is 7.96. The number of hydrogen-bond acceptors (Lipinski definition) is 4. The standard InChI is InChI=1S/C12H21N3O2/c1-5-9-14-10(7-11(16)15-9)13-8-12(3,4)17-6-2/h7H,5-6,8H2,1-4H3,(H2,13,14,15,16). The predicted molar refractivity (Wildman–Crippen MR) is 68.4 cm³/mol. The first-order valence-electron chi connectivity index (χ1n) is 5.95. The summed E-state index contributed by atoms with van der Waals surface area (Å²) in [6.07, 6.45) is 0.708. The molecule has 0 radical (unpaired) electrons. The quantitative estimate of drug-likeness (QED) is 0.790. The Hall–Kier alpha value is -1.36. The van der Waals surface area contributed by atoms with Crippen LogP contribution in [0, 0.1) is 0 Å². The molecule has 1 heterocycles. The van der Waals surface area contributed by atoms with Crippen LogP contribution in [0.5, 0.6) is 0 Å². The SMILES string of the molecule is CCOC(C)(C)CNc1cc(=O)[nH]c(CC)n1. The Morgan fingerprint density at radius 2 is 2.18 bits per heavy atom. The third-order valence-corrected chi connectivity index (χ3v) is 2.36. The summed E-state index contributed by atoms with van der Waals surface area (Å²) in [4.78, 5) is 18.3. The lowest BCUT2D eigenvalue weighted by Gasteiger charge is -2.25. The summed E-state index contributed by atoms with van der Waals surface area (Å²) in [7, 11) is 0. The molecule has 0 atom stereocenters. The van der Waals surface area contributed by atoms with Gasteiger partial charge in [0.05, 0.1) is 5.60 Å². The molecule has 0 aliphatic carbocycles. The highest BCUT2D eigenvalue weighted by Crippen LogP contribution is 2.10. The second kappa shape index (κ2) is 5.82. The molecule has 0 saturated carbocycles. The summed E-state index contributed by atoms with van der Waals surface area (Å²) >= 11 is 0. The van der Waals surface area contributed by atoms with Gasteiger partial charge in [-0.2, -0.15) is 0 Å². The molecule has 5 nitrogen and oxygen atoms in total. The van der Waals surface area contributed by atoms with Crippen molar-refractivity contribution >= 4 is 5.82 Å². The van der Waals surface area contributed by atoms with Crippen LogP contribution in [0.2, 0.25) is 0 Å². The summed E-state index contributed by atoms with van der Waals surface area (Å²) in [5, 5.41) is 3.13. The van der Waals surface area contributed by atoms with Crippen LogP contribution in [0.4, 0.5) is 5.82 Å². The van der Waals surface area contributed by atoms with Crippen LogP contribution in [0.3, 0.4) is 0 Å². The monoisotopic (exact) mass is 239 g/mol. The van der Waals surface area contributed by atoms with E-state index < -0.39 is 0 Å². The maximum atomic E-state index is 11.4. The minimum Gasteiger partial charge on any atom is -0.374 e. The summed E-state index contributed by atoms with van der Waals surface area (Å²) < 4.78 is 5.56. The molecule has 5 heteroatoms. The van der Waals surface area contributed by atoms with Crippen molar-refractivity contribution in [3.05, 3.63) is 22.2 Å². The molecule has 0 aliphatic heterocycles. The van der Waals surface area contributed by atoms with Crippen LogP contribution < -0.4 is 10.9 Å². The van der Waals surface area contributed by atoms with Crippen LogP contribution in [-0.4, -0.2) is 28.7 Å². The lowest BCUT2D eigenvalue weighted by molar-refractivity contribution is 0.000636. The molecule has 1 rings (SSSR count). The highest BCUT2D eigenvalue weighted by Gasteiger charge is 2.17. The van der Waals surface area contributed by atoms with Crippen molar-refractivity contribution in [3.8, 4) is 0 Å². The van der Waals surface area contributed by atoms with Gasteiger partial charge in [0.2, 0.25) is 0 Å². The number of H-pyrrole nitrogens is 1. The topological polar surface area (TPSA) is 67.0 Å². The number of aryl methyl sites for hydroxylation is 1. The van der Waals surface area contributed by atoms with Crippen LogP contribution in [0.15, 0.2) is 10.9 Å². The van der Waals surface area contributed by atoms with Gasteiger partial charge in [0, 0.05) is 25.6 Å². The van der Waals surface area contributed by atoms with Gasteiger partial charge in [-0.25, -0.2) is 4.98 Å². The van der Waals surface area contributed by atoms with Crippen molar-refractivity contribution in [2.45, 2.75) is 39.7 Å². The van der Waals surface area contributed by atoms with Gasteiger partial charge in [-0.1, -0.05) is 6.92 Å². The Balaban J connectivity index is 2.69. The average molecular weight is 239 g/mol. The average Bonchev–Trinajstić information content (AvgIpc) is 2.26. The molecule has 0 spiro atoms. The lowest BCUT2D eigenvalue weighted by Crippen LogP contribution is -2.34. The fraction of sp³-hybridized carbons (Fsp3) is 0.667. The Morgan fingerprint density at radius 1 is 1.47 bits per heavy atom. The van der Waals surface area contributed by atoms with Gasteiger partial charge in [-0.3, -0.25) is 4.79 Å². The van der Waals surface area contributed by atoms with Crippen molar-refractivity contribution in [2.75, 3.05) is 18.5 Å². The highest BCUT2D eigenvalue weighted by atomic mass is 16.5. The zero-order valence-corrected chi connectivity index (χ0v) is 11.0.